The van der Waals surface area contributed by atoms with Crippen LogP contribution in [-0.2, 0) is 22.4 Å². The van der Waals surface area contributed by atoms with Gasteiger partial charge in [-0.05, 0) is 53.1 Å². The van der Waals surface area contributed by atoms with Gasteiger partial charge in [-0.2, -0.15) is 0 Å². The van der Waals surface area contributed by atoms with Crippen LogP contribution >= 0.6 is 0 Å². The molecule has 0 heterocycles. The molecule has 0 saturated heterocycles. The molecule has 6 nitrogen and oxygen atoms in total. The van der Waals surface area contributed by atoms with Gasteiger partial charge in [-0.1, -0.05) is 96.2 Å². The molecule has 0 spiro atoms. The molecule has 37 heavy (non-hydrogen) atoms. The first-order valence-electron chi connectivity index (χ1n) is 10.8. The topological polar surface area (TPSA) is 76.6 Å². The quantitative estimate of drug-likeness (QED) is 0.286. The van der Waals surface area contributed by atoms with Gasteiger partial charge in [-0.25, -0.2) is 13.2 Å². The summed E-state index contributed by atoms with van der Waals surface area (Å²) in [7, 11) is 10.3. The molecule has 3 aromatic carbocycles. The van der Waals surface area contributed by atoms with Crippen LogP contribution in [0.1, 0.15) is 16.7 Å². The Morgan fingerprint density at radius 3 is 0.730 bits per heavy atom. The Morgan fingerprint density at radius 2 is 0.595 bits per heavy atom. The van der Waals surface area contributed by atoms with Gasteiger partial charge in [-0.15, -0.1) is 0 Å². The number of benzene rings is 3. The van der Waals surface area contributed by atoms with Crippen molar-refractivity contribution in [2.45, 2.75) is 0 Å². The molecule has 3 rings (SSSR count). The minimum absolute atomic E-state index is 0. The molecule has 10 heteroatoms. The van der Waals surface area contributed by atoms with E-state index < -0.39 is 0 Å². The summed E-state index contributed by atoms with van der Waals surface area (Å²) in [5, 5.41) is 28.2. The molecule has 0 atom stereocenters. The van der Waals surface area contributed by atoms with Crippen molar-refractivity contribution in [3.63, 3.8) is 0 Å². The van der Waals surface area contributed by atoms with Crippen molar-refractivity contribution in [2.24, 2.45) is 0 Å². The summed E-state index contributed by atoms with van der Waals surface area (Å²) in [6.45, 7) is 0. The van der Waals surface area contributed by atoms with E-state index in [2.05, 4.69) is 0 Å². The largest absolute Gasteiger partial charge is 0.474 e. The Kier molecular flexibility index (Phi) is 14.9. The van der Waals surface area contributed by atoms with Gasteiger partial charge in [0.1, 0.15) is 17.5 Å². The van der Waals surface area contributed by atoms with Gasteiger partial charge < -0.3 is 30.9 Å². The second-order valence-electron chi connectivity index (χ2n) is 8.17. The van der Waals surface area contributed by atoms with Gasteiger partial charge in [0, 0.05) is 22.4 Å². The smallest absolute Gasteiger partial charge is 0.123 e. The van der Waals surface area contributed by atoms with Crippen molar-refractivity contribution < 1.29 is 35.6 Å². The molecule has 0 unspecified atom stereocenters. The average molecular weight is 677 g/mol. The molecule has 0 amide bonds. The number of amidine groups is 3. The summed E-state index contributed by atoms with van der Waals surface area (Å²) in [5.74, 6) is -0.499. The van der Waals surface area contributed by atoms with E-state index in [1.165, 1.54) is 72.8 Å². The van der Waals surface area contributed by atoms with Gasteiger partial charge in [0.15, 0.2) is 0 Å². The van der Waals surface area contributed by atoms with E-state index in [-0.39, 0.29) is 57.3 Å². The number of halogens is 3. The third-order valence-electron chi connectivity index (χ3n) is 4.58. The number of nitrogens with zero attached hydrogens (tertiary/aromatic N) is 6. The Bertz CT molecular complexity index is 984. The van der Waals surface area contributed by atoms with Crippen LogP contribution in [-0.4, -0.2) is 74.5 Å². The molecular weight excluding hydrogens is 646 g/mol. The second-order valence-corrected chi connectivity index (χ2v) is 8.17. The second kappa shape index (κ2) is 16.4. The fourth-order valence-electron chi connectivity index (χ4n) is 2.57. The molecule has 0 bridgehead atoms. The maximum absolute atomic E-state index is 12.4. The van der Waals surface area contributed by atoms with Crippen molar-refractivity contribution in [3.05, 3.63) is 123 Å². The van der Waals surface area contributed by atoms with E-state index in [0.29, 0.717) is 16.7 Å². The van der Waals surface area contributed by atoms with Crippen LogP contribution in [0.3, 0.4) is 0 Å². The van der Waals surface area contributed by atoms with E-state index in [9.17, 15) is 29.4 Å². The van der Waals surface area contributed by atoms with Crippen molar-refractivity contribution in [1.29, 1.82) is 0 Å². The van der Waals surface area contributed by atoms with Crippen molar-refractivity contribution >= 4 is 17.5 Å². The predicted octanol–water partition coefficient (Wildman–Crippen LogP) is 5.11. The molecule has 0 aliphatic rings. The summed E-state index contributed by atoms with van der Waals surface area (Å²) >= 11 is 0. The number of hydrogen-bond donors (Lipinski definition) is 0. The third kappa shape index (κ3) is 11.9. The van der Waals surface area contributed by atoms with Crippen LogP contribution in [0, 0.1) is 17.5 Å². The molecule has 0 aliphatic heterocycles. The fourth-order valence-corrected chi connectivity index (χ4v) is 2.57. The molecular formula is C27H30F3N6Ta-3. The normalized spacial score (nSPS) is 9.32. The zero-order chi connectivity index (χ0) is 27.4. The van der Waals surface area contributed by atoms with Crippen LogP contribution in [0.15, 0.2) is 72.8 Å². The van der Waals surface area contributed by atoms with E-state index in [4.69, 9.17) is 0 Å². The van der Waals surface area contributed by atoms with Gasteiger partial charge in [0.25, 0.3) is 0 Å². The first-order chi connectivity index (χ1) is 16.8. The van der Waals surface area contributed by atoms with E-state index in [0.717, 1.165) is 0 Å². The Morgan fingerprint density at radius 1 is 0.432 bits per heavy atom. The average Bonchev–Trinajstić information content (AvgIpc) is 2.84. The first kappa shape index (κ1) is 33.6. The molecule has 0 fully saturated rings. The van der Waals surface area contributed by atoms with Crippen molar-refractivity contribution in [3.8, 4) is 0 Å². The van der Waals surface area contributed by atoms with Gasteiger partial charge in [-0.3, -0.25) is 0 Å². The van der Waals surface area contributed by atoms with Crippen LogP contribution < -0.4 is 0 Å². The van der Waals surface area contributed by atoms with Crippen LogP contribution in [0.4, 0.5) is 13.2 Å². The summed E-state index contributed by atoms with van der Waals surface area (Å²) < 4.78 is 37.3. The van der Waals surface area contributed by atoms with Crippen LogP contribution in [0.25, 0.3) is 16.2 Å². The molecule has 197 valence electrons. The Labute approximate surface area is 232 Å². The molecule has 1 radical (unpaired) electrons. The fraction of sp³-hybridized carbons (Fsp3) is 0.222. The third-order valence-corrected chi connectivity index (χ3v) is 4.58. The molecule has 0 aromatic heterocycles. The van der Waals surface area contributed by atoms with Gasteiger partial charge in [0.2, 0.25) is 0 Å². The van der Waals surface area contributed by atoms with Gasteiger partial charge in [0.05, 0.1) is 0 Å². The summed E-state index contributed by atoms with van der Waals surface area (Å²) in [4.78, 5) is 4.69. The predicted molar refractivity (Wildman–Crippen MR) is 143 cm³/mol. The monoisotopic (exact) mass is 676 g/mol. The maximum Gasteiger partial charge on any atom is 0.123 e. The minimum Gasteiger partial charge on any atom is -0.474 e. The molecule has 0 aliphatic carbocycles. The maximum atomic E-state index is 12.4. The molecule has 0 saturated carbocycles. The van der Waals surface area contributed by atoms with Crippen molar-refractivity contribution in [1.82, 2.24) is 14.7 Å². The van der Waals surface area contributed by atoms with Crippen LogP contribution in [0.2, 0.25) is 0 Å². The zero-order valence-electron chi connectivity index (χ0n) is 21.7. The number of hydrogen-bond acceptors (Lipinski definition) is 0. The summed E-state index contributed by atoms with van der Waals surface area (Å²) in [5.41, 5.74) is 1.84. The minimum atomic E-state index is -0.301. The van der Waals surface area contributed by atoms with E-state index >= 15 is 0 Å². The SMILES string of the molecule is CN(C)C(=[N-])c1ccc(F)cc1.CN(C)C(=[N-])c1ccc(F)cc1.CN(C)C(=[N-])c1ccc(F)cc1.[Ta]. The standard InChI is InChI=1S/3C9H10FN2.Ta/c3*1-12(2)9(11)7-3-5-8(10)6-4-7;/h3*3-6H,1-2H3;/q3*-1;. The summed E-state index contributed by atoms with van der Waals surface area (Å²) in [6, 6.07) is 17.1. The van der Waals surface area contributed by atoms with E-state index in [1.807, 2.05) is 0 Å². The summed E-state index contributed by atoms with van der Waals surface area (Å²) in [6.07, 6.45) is 0. The van der Waals surface area contributed by atoms with Gasteiger partial charge >= 0.3 is 0 Å². The molecule has 0 N–H and O–H groups in total. The zero-order valence-corrected chi connectivity index (χ0v) is 24.9. The first-order valence-corrected chi connectivity index (χ1v) is 10.8. The van der Waals surface area contributed by atoms with E-state index in [1.54, 1.807) is 57.0 Å². The van der Waals surface area contributed by atoms with Crippen molar-refractivity contribution in [2.75, 3.05) is 42.3 Å². The Hall–Kier alpha value is -3.40. The Balaban J connectivity index is 0.000000518. The molecule has 3 aromatic rings. The van der Waals surface area contributed by atoms with Crippen LogP contribution in [0.5, 0.6) is 0 Å². The number of rotatable bonds is 3.